The first kappa shape index (κ1) is 11.0. The van der Waals surface area contributed by atoms with Crippen molar-refractivity contribution in [3.8, 4) is 0 Å². The van der Waals surface area contributed by atoms with Crippen molar-refractivity contribution >= 4 is 5.97 Å². The number of ether oxygens (including phenoxy) is 1. The number of allylic oxidation sites excluding steroid dienone is 2. The maximum atomic E-state index is 11.0. The van der Waals surface area contributed by atoms with Gasteiger partial charge in [0.05, 0.1) is 6.26 Å². The molecule has 0 spiro atoms. The highest BCUT2D eigenvalue weighted by molar-refractivity contribution is 5.87. The van der Waals surface area contributed by atoms with E-state index < -0.39 is 0 Å². The van der Waals surface area contributed by atoms with Crippen LogP contribution < -0.4 is 0 Å². The predicted octanol–water partition coefficient (Wildman–Crippen LogP) is 2.81. The Morgan fingerprint density at radius 2 is 2.17 bits per heavy atom. The van der Waals surface area contributed by atoms with Crippen LogP contribution in [0, 0.1) is 0 Å². The fourth-order valence-electron chi connectivity index (χ4n) is 0.555. The molecule has 0 fully saturated rings. The van der Waals surface area contributed by atoms with E-state index in [9.17, 15) is 4.79 Å². The van der Waals surface area contributed by atoms with Crippen molar-refractivity contribution in [1.29, 1.82) is 0 Å². The molecule has 68 valence electrons. The second-order valence-electron chi connectivity index (χ2n) is 2.54. The molecule has 0 saturated heterocycles. The van der Waals surface area contributed by atoms with E-state index in [1.807, 2.05) is 13.0 Å². The molecule has 12 heavy (non-hydrogen) atoms. The van der Waals surface area contributed by atoms with Gasteiger partial charge in [0.25, 0.3) is 0 Å². The summed E-state index contributed by atoms with van der Waals surface area (Å²) >= 11 is 0. The molecule has 0 heterocycles. The molecule has 0 aliphatic carbocycles. The Balaban J connectivity index is 3.71. The Kier molecular flexibility index (Phi) is 6.07. The summed E-state index contributed by atoms with van der Waals surface area (Å²) in [6.45, 7) is 5.62. The van der Waals surface area contributed by atoms with E-state index in [1.54, 1.807) is 13.0 Å². The summed E-state index contributed by atoms with van der Waals surface area (Å²) in [5, 5.41) is 0. The molecular weight excluding hydrogens is 152 g/mol. The van der Waals surface area contributed by atoms with Gasteiger partial charge >= 0.3 is 5.97 Å². The topological polar surface area (TPSA) is 26.3 Å². The number of carbonyl (C=O) groups is 1. The lowest BCUT2D eigenvalue weighted by atomic mass is 10.3. The third kappa shape index (κ3) is 4.72. The van der Waals surface area contributed by atoms with E-state index in [-0.39, 0.29) is 5.97 Å². The van der Waals surface area contributed by atoms with Crippen LogP contribution in [-0.2, 0) is 9.53 Å². The Labute approximate surface area is 73.9 Å². The van der Waals surface area contributed by atoms with Crippen molar-refractivity contribution in [1.82, 2.24) is 0 Å². The molecule has 0 atom stereocenters. The zero-order valence-corrected chi connectivity index (χ0v) is 7.96. The van der Waals surface area contributed by atoms with Crippen molar-refractivity contribution in [3.05, 3.63) is 24.0 Å². The highest BCUT2D eigenvalue weighted by Gasteiger charge is 2.00. The zero-order chi connectivity index (χ0) is 9.40. The van der Waals surface area contributed by atoms with Crippen LogP contribution in [0.5, 0.6) is 0 Å². The lowest BCUT2D eigenvalue weighted by Gasteiger charge is -1.96. The summed E-state index contributed by atoms with van der Waals surface area (Å²) in [6, 6.07) is 0. The summed E-state index contributed by atoms with van der Waals surface area (Å²) in [7, 11) is 0. The molecule has 0 unspecified atom stereocenters. The molecule has 0 aromatic rings. The summed E-state index contributed by atoms with van der Waals surface area (Å²) in [4.78, 5) is 11.0. The molecular formula is C10H16O2. The van der Waals surface area contributed by atoms with Gasteiger partial charge in [-0.1, -0.05) is 19.4 Å². The lowest BCUT2D eigenvalue weighted by Crippen LogP contribution is -2.00. The van der Waals surface area contributed by atoms with Gasteiger partial charge in [-0.05, 0) is 26.3 Å². The van der Waals surface area contributed by atoms with Gasteiger partial charge in [-0.3, -0.25) is 0 Å². The number of carbonyl (C=O) groups excluding carboxylic acids is 1. The Morgan fingerprint density at radius 1 is 1.50 bits per heavy atom. The van der Waals surface area contributed by atoms with E-state index in [0.717, 1.165) is 12.8 Å². The lowest BCUT2D eigenvalue weighted by molar-refractivity contribution is -0.133. The minimum atomic E-state index is -0.273. The summed E-state index contributed by atoms with van der Waals surface area (Å²) in [5.74, 6) is -0.273. The minimum Gasteiger partial charge on any atom is -0.431 e. The first-order valence-electron chi connectivity index (χ1n) is 4.21. The van der Waals surface area contributed by atoms with Gasteiger partial charge in [0.15, 0.2) is 0 Å². The average molecular weight is 168 g/mol. The van der Waals surface area contributed by atoms with Gasteiger partial charge in [-0.25, -0.2) is 4.79 Å². The van der Waals surface area contributed by atoms with Crippen LogP contribution in [0.3, 0.4) is 0 Å². The zero-order valence-electron chi connectivity index (χ0n) is 7.96. The number of rotatable bonds is 4. The Morgan fingerprint density at radius 3 is 2.67 bits per heavy atom. The maximum Gasteiger partial charge on any atom is 0.338 e. The van der Waals surface area contributed by atoms with Crippen LogP contribution in [0.2, 0.25) is 0 Å². The average Bonchev–Trinajstić information content (AvgIpc) is 2.10. The van der Waals surface area contributed by atoms with Crippen LogP contribution in [0.25, 0.3) is 0 Å². The summed E-state index contributed by atoms with van der Waals surface area (Å²) in [6.07, 6.45) is 7.05. The molecule has 0 bridgehead atoms. The monoisotopic (exact) mass is 168 g/mol. The molecule has 0 aromatic heterocycles. The SMILES string of the molecule is CC=C(C)C(=O)OC=CCCC. The molecule has 2 nitrogen and oxygen atoms in total. The fourth-order valence-corrected chi connectivity index (χ4v) is 0.555. The largest absolute Gasteiger partial charge is 0.431 e. The predicted molar refractivity (Wildman–Crippen MR) is 49.6 cm³/mol. The van der Waals surface area contributed by atoms with Crippen LogP contribution in [0.1, 0.15) is 33.6 Å². The van der Waals surface area contributed by atoms with Crippen molar-refractivity contribution in [2.24, 2.45) is 0 Å². The van der Waals surface area contributed by atoms with Crippen molar-refractivity contribution in [3.63, 3.8) is 0 Å². The quantitative estimate of drug-likeness (QED) is 0.366. The third-order valence-corrected chi connectivity index (χ3v) is 1.48. The third-order valence-electron chi connectivity index (χ3n) is 1.48. The van der Waals surface area contributed by atoms with Crippen LogP contribution in [-0.4, -0.2) is 5.97 Å². The fraction of sp³-hybridized carbons (Fsp3) is 0.500. The van der Waals surface area contributed by atoms with E-state index in [0.29, 0.717) is 5.57 Å². The summed E-state index contributed by atoms with van der Waals surface area (Å²) < 4.78 is 4.81. The van der Waals surface area contributed by atoms with Gasteiger partial charge in [0.2, 0.25) is 0 Å². The highest BCUT2D eigenvalue weighted by Crippen LogP contribution is 1.97. The maximum absolute atomic E-state index is 11.0. The van der Waals surface area contributed by atoms with E-state index in [4.69, 9.17) is 4.74 Å². The number of hydrogen-bond donors (Lipinski definition) is 0. The van der Waals surface area contributed by atoms with E-state index in [2.05, 4.69) is 6.92 Å². The van der Waals surface area contributed by atoms with Gasteiger partial charge < -0.3 is 4.74 Å². The molecule has 0 radical (unpaired) electrons. The summed E-state index contributed by atoms with van der Waals surface area (Å²) in [5.41, 5.74) is 0.635. The molecule has 0 aliphatic heterocycles. The van der Waals surface area contributed by atoms with Crippen molar-refractivity contribution in [2.75, 3.05) is 0 Å². The van der Waals surface area contributed by atoms with Crippen LogP contribution >= 0.6 is 0 Å². The Bertz CT molecular complexity index is 190. The number of hydrogen-bond acceptors (Lipinski definition) is 2. The highest BCUT2D eigenvalue weighted by atomic mass is 16.5. The van der Waals surface area contributed by atoms with Crippen molar-refractivity contribution in [2.45, 2.75) is 33.6 Å². The van der Waals surface area contributed by atoms with Gasteiger partial charge in [-0.15, -0.1) is 0 Å². The molecule has 0 N–H and O–H groups in total. The molecule has 0 aromatic carbocycles. The van der Waals surface area contributed by atoms with E-state index >= 15 is 0 Å². The van der Waals surface area contributed by atoms with Gasteiger partial charge in [0.1, 0.15) is 0 Å². The first-order valence-corrected chi connectivity index (χ1v) is 4.21. The normalized spacial score (nSPS) is 12.1. The van der Waals surface area contributed by atoms with Crippen molar-refractivity contribution < 1.29 is 9.53 Å². The second-order valence-corrected chi connectivity index (χ2v) is 2.54. The molecule has 0 rings (SSSR count). The molecule has 2 heteroatoms. The van der Waals surface area contributed by atoms with Crippen LogP contribution in [0.4, 0.5) is 0 Å². The molecule has 0 saturated carbocycles. The Hall–Kier alpha value is -1.05. The minimum absolute atomic E-state index is 0.273. The molecule has 0 amide bonds. The number of unbranched alkanes of at least 4 members (excludes halogenated alkanes) is 1. The number of esters is 1. The van der Waals surface area contributed by atoms with Gasteiger partial charge in [-0.2, -0.15) is 0 Å². The second kappa shape index (κ2) is 6.65. The van der Waals surface area contributed by atoms with Gasteiger partial charge in [0, 0.05) is 5.57 Å². The van der Waals surface area contributed by atoms with Crippen LogP contribution in [0.15, 0.2) is 24.0 Å². The van der Waals surface area contributed by atoms with E-state index in [1.165, 1.54) is 6.26 Å². The first-order chi connectivity index (χ1) is 5.72. The smallest absolute Gasteiger partial charge is 0.338 e. The standard InChI is InChI=1S/C10H16O2/c1-4-6-7-8-12-10(11)9(3)5-2/h5,7-8H,4,6H2,1-3H3. The molecule has 0 aliphatic rings.